The molecule has 0 saturated carbocycles. The lowest BCUT2D eigenvalue weighted by molar-refractivity contribution is 0.177. The molecule has 0 N–H and O–H groups in total. The van der Waals surface area contributed by atoms with Gasteiger partial charge in [0.05, 0.1) is 0 Å². The average molecular weight is 293 g/mol. The highest BCUT2D eigenvalue weighted by Gasteiger charge is 2.17. The summed E-state index contributed by atoms with van der Waals surface area (Å²) in [4.78, 5) is 2.62. The number of aryl methyl sites for hydroxylation is 1. The summed E-state index contributed by atoms with van der Waals surface area (Å²) in [5.41, 5.74) is 2.86. The molecule has 1 heteroatoms. The third-order valence-electron chi connectivity index (χ3n) is 4.37. The Morgan fingerprint density at radius 3 is 2.55 bits per heavy atom. The summed E-state index contributed by atoms with van der Waals surface area (Å²) in [7, 11) is 0. The van der Waals surface area contributed by atoms with Crippen molar-refractivity contribution in [3.8, 4) is 12.3 Å². The van der Waals surface area contributed by atoms with Gasteiger partial charge < -0.3 is 0 Å². The quantitative estimate of drug-likeness (QED) is 0.703. The molecule has 1 fully saturated rings. The van der Waals surface area contributed by atoms with Crippen LogP contribution in [0.1, 0.15) is 37.8 Å². The molecule has 1 aliphatic heterocycles. The number of likely N-dealkylation sites (tertiary alicyclic amines) is 1. The summed E-state index contributed by atoms with van der Waals surface area (Å²) in [6.07, 6.45) is 7.34. The van der Waals surface area contributed by atoms with E-state index >= 15 is 0 Å². The monoisotopic (exact) mass is 293 g/mol. The maximum atomic E-state index is 4.60. The number of nitrogens with zero attached hydrogens (tertiary/aromatic N) is 1. The van der Waals surface area contributed by atoms with Crippen molar-refractivity contribution in [1.29, 1.82) is 0 Å². The first kappa shape index (κ1) is 16.6. The van der Waals surface area contributed by atoms with Crippen molar-refractivity contribution in [2.75, 3.05) is 13.1 Å². The SMILES string of the molecule is C#CC.Cc1ccc(CN2CCC[C@@H](C)C2)c2ccccc12. The van der Waals surface area contributed by atoms with Crippen molar-refractivity contribution in [1.82, 2.24) is 4.90 Å². The Labute approximate surface area is 135 Å². The molecule has 0 bridgehead atoms. The zero-order chi connectivity index (χ0) is 15.9. The summed E-state index contributed by atoms with van der Waals surface area (Å²) in [5, 5.41) is 2.84. The molecule has 2 aromatic carbocycles. The minimum absolute atomic E-state index is 0.852. The van der Waals surface area contributed by atoms with Gasteiger partial charge >= 0.3 is 0 Å². The predicted octanol–water partition coefficient (Wildman–Crippen LogP) is 5.02. The van der Waals surface area contributed by atoms with E-state index in [1.54, 1.807) is 6.92 Å². The molecular formula is C21H27N. The highest BCUT2D eigenvalue weighted by atomic mass is 15.1. The fourth-order valence-corrected chi connectivity index (χ4v) is 3.32. The molecule has 22 heavy (non-hydrogen) atoms. The Bertz CT molecular complexity index is 650. The maximum Gasteiger partial charge on any atom is 0.0240 e. The van der Waals surface area contributed by atoms with Crippen molar-refractivity contribution in [3.05, 3.63) is 47.5 Å². The van der Waals surface area contributed by atoms with Gasteiger partial charge in [0.2, 0.25) is 0 Å². The van der Waals surface area contributed by atoms with Crippen LogP contribution in [0.4, 0.5) is 0 Å². The van der Waals surface area contributed by atoms with Crippen LogP contribution in [-0.2, 0) is 6.54 Å². The third-order valence-corrected chi connectivity index (χ3v) is 4.37. The predicted molar refractivity (Wildman–Crippen MR) is 96.9 cm³/mol. The first-order valence-corrected chi connectivity index (χ1v) is 8.22. The highest BCUT2D eigenvalue weighted by molar-refractivity contribution is 5.88. The molecule has 3 rings (SSSR count). The van der Waals surface area contributed by atoms with Crippen LogP contribution in [0.2, 0.25) is 0 Å². The molecule has 1 nitrogen and oxygen atoms in total. The summed E-state index contributed by atoms with van der Waals surface area (Å²) in [6.45, 7) is 9.84. The van der Waals surface area contributed by atoms with E-state index in [9.17, 15) is 0 Å². The Balaban J connectivity index is 0.000000545. The minimum Gasteiger partial charge on any atom is -0.299 e. The Morgan fingerprint density at radius 2 is 1.86 bits per heavy atom. The Kier molecular flexibility index (Phi) is 6.04. The van der Waals surface area contributed by atoms with Crippen molar-refractivity contribution >= 4 is 10.8 Å². The summed E-state index contributed by atoms with van der Waals surface area (Å²) in [5.74, 6) is 3.10. The van der Waals surface area contributed by atoms with E-state index in [-0.39, 0.29) is 0 Å². The number of hydrogen-bond donors (Lipinski definition) is 0. The van der Waals surface area contributed by atoms with Gasteiger partial charge in [-0.05, 0) is 61.1 Å². The number of terminal acetylenes is 1. The van der Waals surface area contributed by atoms with Crippen LogP contribution in [0, 0.1) is 25.2 Å². The Morgan fingerprint density at radius 1 is 1.18 bits per heavy atom. The van der Waals surface area contributed by atoms with Crippen LogP contribution in [0.25, 0.3) is 10.8 Å². The maximum absolute atomic E-state index is 4.60. The number of benzene rings is 2. The molecular weight excluding hydrogens is 266 g/mol. The summed E-state index contributed by atoms with van der Waals surface area (Å²) >= 11 is 0. The smallest absolute Gasteiger partial charge is 0.0240 e. The van der Waals surface area contributed by atoms with Crippen molar-refractivity contribution < 1.29 is 0 Å². The lowest BCUT2D eigenvalue weighted by atomic mass is 9.97. The number of rotatable bonds is 2. The molecule has 2 aromatic rings. The van der Waals surface area contributed by atoms with Crippen LogP contribution >= 0.6 is 0 Å². The molecule has 1 atom stereocenters. The molecule has 0 amide bonds. The molecule has 1 aliphatic rings. The van der Waals surface area contributed by atoms with Gasteiger partial charge in [-0.3, -0.25) is 4.90 Å². The standard InChI is InChI=1S/C18H23N.C3H4/c1-14-6-5-11-19(12-14)13-16-10-9-15(2)17-7-3-4-8-18(16)17;1-3-2/h3-4,7-10,14H,5-6,11-13H2,1-2H3;1H,2H3/t14-;/m1./s1. The Hall–Kier alpha value is -1.78. The van der Waals surface area contributed by atoms with Gasteiger partial charge in [-0.2, -0.15) is 0 Å². The topological polar surface area (TPSA) is 3.24 Å². The van der Waals surface area contributed by atoms with Crippen molar-refractivity contribution in [2.45, 2.75) is 40.2 Å². The van der Waals surface area contributed by atoms with Crippen molar-refractivity contribution in [2.24, 2.45) is 5.92 Å². The normalized spacial score (nSPS) is 18.4. The van der Waals surface area contributed by atoms with Gasteiger partial charge in [-0.25, -0.2) is 0 Å². The minimum atomic E-state index is 0.852. The fraction of sp³-hybridized carbons (Fsp3) is 0.429. The highest BCUT2D eigenvalue weighted by Crippen LogP contribution is 2.25. The number of hydrogen-bond acceptors (Lipinski definition) is 1. The van der Waals surface area contributed by atoms with E-state index < -0.39 is 0 Å². The molecule has 0 radical (unpaired) electrons. The van der Waals surface area contributed by atoms with E-state index in [0.717, 1.165) is 12.5 Å². The second-order valence-electron chi connectivity index (χ2n) is 6.36. The van der Waals surface area contributed by atoms with E-state index in [1.165, 1.54) is 47.8 Å². The summed E-state index contributed by atoms with van der Waals surface area (Å²) < 4.78 is 0. The second-order valence-corrected chi connectivity index (χ2v) is 6.36. The summed E-state index contributed by atoms with van der Waals surface area (Å²) in [6, 6.07) is 13.4. The van der Waals surface area contributed by atoms with Crippen LogP contribution in [0.3, 0.4) is 0 Å². The molecule has 0 aromatic heterocycles. The first-order chi connectivity index (χ1) is 10.7. The molecule has 0 unspecified atom stereocenters. The van der Waals surface area contributed by atoms with Crippen LogP contribution < -0.4 is 0 Å². The van der Waals surface area contributed by atoms with Crippen LogP contribution in [-0.4, -0.2) is 18.0 Å². The van der Waals surface area contributed by atoms with E-state index in [0.29, 0.717) is 0 Å². The zero-order valence-corrected chi connectivity index (χ0v) is 14.1. The largest absolute Gasteiger partial charge is 0.299 e. The zero-order valence-electron chi connectivity index (χ0n) is 14.1. The third kappa shape index (κ3) is 4.12. The van der Waals surface area contributed by atoms with Gasteiger partial charge in [-0.1, -0.05) is 43.3 Å². The van der Waals surface area contributed by atoms with E-state index in [1.807, 2.05) is 0 Å². The van der Waals surface area contributed by atoms with Crippen molar-refractivity contribution in [3.63, 3.8) is 0 Å². The molecule has 116 valence electrons. The molecule has 1 heterocycles. The van der Waals surface area contributed by atoms with E-state index in [4.69, 9.17) is 0 Å². The van der Waals surface area contributed by atoms with Gasteiger partial charge in [0.1, 0.15) is 0 Å². The van der Waals surface area contributed by atoms with Gasteiger partial charge in [-0.15, -0.1) is 12.3 Å². The molecule has 0 aliphatic carbocycles. The van der Waals surface area contributed by atoms with Gasteiger partial charge in [0.15, 0.2) is 0 Å². The van der Waals surface area contributed by atoms with Crippen LogP contribution in [0.5, 0.6) is 0 Å². The number of piperidine rings is 1. The van der Waals surface area contributed by atoms with Crippen LogP contribution in [0.15, 0.2) is 36.4 Å². The van der Waals surface area contributed by atoms with E-state index in [2.05, 4.69) is 67.5 Å². The lowest BCUT2D eigenvalue weighted by Crippen LogP contribution is -2.33. The first-order valence-electron chi connectivity index (χ1n) is 8.22. The lowest BCUT2D eigenvalue weighted by Gasteiger charge is -2.31. The molecule has 1 saturated heterocycles. The average Bonchev–Trinajstić information content (AvgIpc) is 2.51. The van der Waals surface area contributed by atoms with Gasteiger partial charge in [0.25, 0.3) is 0 Å². The van der Waals surface area contributed by atoms with Gasteiger partial charge in [0, 0.05) is 13.1 Å². The fourth-order valence-electron chi connectivity index (χ4n) is 3.32. The molecule has 0 spiro atoms. The number of fused-ring (bicyclic) bond motifs is 1. The second kappa shape index (κ2) is 8.01.